The average Bonchev–Trinajstić information content (AvgIpc) is 3.01. The van der Waals surface area contributed by atoms with Crippen molar-refractivity contribution in [3.05, 3.63) is 84.9 Å². The van der Waals surface area contributed by atoms with Gasteiger partial charge in [-0.3, -0.25) is 14.2 Å². The molecule has 0 unspecified atom stereocenters. The highest BCUT2D eigenvalue weighted by molar-refractivity contribution is 7.11. The predicted octanol–water partition coefficient (Wildman–Crippen LogP) is 2.87. The molecule has 2 N–H and O–H groups in total. The van der Waals surface area contributed by atoms with E-state index >= 15 is 0 Å². The van der Waals surface area contributed by atoms with Crippen molar-refractivity contribution in [1.82, 2.24) is 9.99 Å². The van der Waals surface area contributed by atoms with Crippen LogP contribution in [0.1, 0.15) is 31.2 Å². The van der Waals surface area contributed by atoms with Gasteiger partial charge in [-0.15, -0.1) is 0 Å². The summed E-state index contributed by atoms with van der Waals surface area (Å²) in [4.78, 5) is 36.1. The number of thiazole rings is 1. The number of rotatable bonds is 6. The van der Waals surface area contributed by atoms with Gasteiger partial charge in [-0.1, -0.05) is 41.1 Å². The van der Waals surface area contributed by atoms with E-state index in [2.05, 4.69) is 10.5 Å². The first kappa shape index (κ1) is 21.3. The van der Waals surface area contributed by atoms with Crippen molar-refractivity contribution < 1.29 is 19.4 Å². The second-order valence-electron chi connectivity index (χ2n) is 6.05. The number of nitrogens with one attached hydrogen (secondary N) is 1. The number of aromatic nitrogens is 1. The highest BCUT2D eigenvalue weighted by Gasteiger charge is 2.13. The van der Waals surface area contributed by atoms with Gasteiger partial charge in [0, 0.05) is 5.56 Å². The van der Waals surface area contributed by atoms with Crippen LogP contribution in [0, 0.1) is 0 Å². The van der Waals surface area contributed by atoms with Crippen molar-refractivity contribution in [3.8, 4) is 5.75 Å². The Labute approximate surface area is 180 Å². The van der Waals surface area contributed by atoms with E-state index in [1.807, 2.05) is 0 Å². The third-order valence-electron chi connectivity index (χ3n) is 4.00. The smallest absolute Gasteiger partial charge is 0.337 e. The molecule has 10 heteroatoms. The number of aromatic hydroxyl groups is 1. The number of benzene rings is 2. The molecule has 0 aliphatic rings. The zero-order chi connectivity index (χ0) is 21.7. The normalized spacial score (nSPS) is 10.9. The summed E-state index contributed by atoms with van der Waals surface area (Å²) in [7, 11) is 1.29. The Kier molecular flexibility index (Phi) is 6.65. The van der Waals surface area contributed by atoms with E-state index in [0.717, 1.165) is 11.3 Å². The molecule has 0 aliphatic carbocycles. The number of methoxy groups -OCH3 is 1. The molecule has 30 heavy (non-hydrogen) atoms. The molecule has 2 aromatic carbocycles. The number of esters is 1. The lowest BCUT2D eigenvalue weighted by atomic mass is 10.1. The molecule has 1 aromatic heterocycles. The summed E-state index contributed by atoms with van der Waals surface area (Å²) in [5.41, 5.74) is 3.60. The van der Waals surface area contributed by atoms with E-state index in [1.54, 1.807) is 24.3 Å². The maximum atomic E-state index is 12.3. The Morgan fingerprint density at radius 1 is 1.23 bits per heavy atom. The fraction of sp³-hybridized carbons (Fsp3) is 0.100. The molecule has 0 saturated carbocycles. The minimum Gasteiger partial charge on any atom is -0.508 e. The van der Waals surface area contributed by atoms with Gasteiger partial charge in [0.15, 0.2) is 0 Å². The predicted molar refractivity (Wildman–Crippen MR) is 114 cm³/mol. The van der Waals surface area contributed by atoms with E-state index in [1.165, 1.54) is 42.2 Å². The number of carbonyl (C=O) groups is 2. The monoisotopic (exact) mass is 445 g/mol. The molecule has 154 valence electrons. The maximum absolute atomic E-state index is 12.3. The Hall–Kier alpha value is -3.43. The Balaban J connectivity index is 1.74. The summed E-state index contributed by atoms with van der Waals surface area (Å²) >= 11 is 7.18. The van der Waals surface area contributed by atoms with Crippen molar-refractivity contribution >= 4 is 41.0 Å². The number of amides is 1. The highest BCUT2D eigenvalue weighted by atomic mass is 35.5. The molecule has 3 rings (SSSR count). The molecular formula is C20H16ClN3O5S. The third kappa shape index (κ3) is 4.94. The van der Waals surface area contributed by atoms with Crippen LogP contribution < -0.4 is 10.3 Å². The molecule has 0 aliphatic heterocycles. The number of phenols is 1. The first-order valence-electron chi connectivity index (χ1n) is 8.58. The quantitative estimate of drug-likeness (QED) is 0.344. The lowest BCUT2D eigenvalue weighted by Gasteiger charge is -2.06. The lowest BCUT2D eigenvalue weighted by molar-refractivity contribution is 0.0600. The van der Waals surface area contributed by atoms with E-state index in [4.69, 9.17) is 16.3 Å². The molecule has 8 nitrogen and oxygen atoms in total. The molecule has 1 heterocycles. The second-order valence-corrected chi connectivity index (χ2v) is 7.40. The van der Waals surface area contributed by atoms with Crippen LogP contribution in [0.2, 0.25) is 5.15 Å². The van der Waals surface area contributed by atoms with Gasteiger partial charge in [-0.05, 0) is 35.9 Å². The van der Waals surface area contributed by atoms with Gasteiger partial charge in [-0.25, -0.2) is 10.2 Å². The zero-order valence-corrected chi connectivity index (χ0v) is 17.2. The Bertz CT molecular complexity index is 1190. The summed E-state index contributed by atoms with van der Waals surface area (Å²) < 4.78 is 6.03. The van der Waals surface area contributed by atoms with Gasteiger partial charge in [0.2, 0.25) is 0 Å². The Morgan fingerprint density at radius 3 is 2.70 bits per heavy atom. The van der Waals surface area contributed by atoms with Crippen LogP contribution in [0.15, 0.2) is 58.4 Å². The van der Waals surface area contributed by atoms with Crippen LogP contribution in [0.3, 0.4) is 0 Å². The van der Waals surface area contributed by atoms with Crippen LogP contribution in [0.25, 0.3) is 0 Å². The number of hydrazone groups is 1. The fourth-order valence-electron chi connectivity index (χ4n) is 2.58. The van der Waals surface area contributed by atoms with E-state index in [-0.39, 0.29) is 27.9 Å². The summed E-state index contributed by atoms with van der Waals surface area (Å²) in [6.07, 6.45) is 1.27. The number of halogens is 1. The van der Waals surface area contributed by atoms with Crippen molar-refractivity contribution in [1.29, 1.82) is 0 Å². The number of hydrogen-bond donors (Lipinski definition) is 2. The van der Waals surface area contributed by atoms with Crippen LogP contribution in [0.4, 0.5) is 0 Å². The topological polar surface area (TPSA) is 110 Å². The molecule has 0 saturated heterocycles. The summed E-state index contributed by atoms with van der Waals surface area (Å²) in [5.74, 6) is -1.04. The number of hydrogen-bond acceptors (Lipinski definition) is 7. The van der Waals surface area contributed by atoms with Crippen LogP contribution in [-0.4, -0.2) is 34.9 Å². The SMILES string of the molecule is COC(=O)c1cccc(Cn2c(Cl)c(/C=N/NC(=O)c3cccc(O)c3)sc2=O)c1. The minimum absolute atomic E-state index is 0.0405. The second kappa shape index (κ2) is 9.38. The number of nitrogens with zero attached hydrogens (tertiary/aromatic N) is 2. The fourth-order valence-corrected chi connectivity index (χ4v) is 3.68. The molecule has 0 spiro atoms. The first-order chi connectivity index (χ1) is 14.4. The average molecular weight is 446 g/mol. The summed E-state index contributed by atoms with van der Waals surface area (Å²) in [6.45, 7) is 0.155. The van der Waals surface area contributed by atoms with Crippen molar-refractivity contribution in [2.24, 2.45) is 5.10 Å². The standard InChI is InChI=1S/C20H16ClN3O5S/c1-29-19(27)14-6-2-4-12(8-14)11-24-17(21)16(30-20(24)28)10-22-23-18(26)13-5-3-7-15(25)9-13/h2-10,25H,11H2,1H3,(H,23,26)/b22-10+. The minimum atomic E-state index is -0.523. The molecule has 0 atom stereocenters. The van der Waals surface area contributed by atoms with E-state index in [9.17, 15) is 19.5 Å². The van der Waals surface area contributed by atoms with Crippen molar-refractivity contribution in [3.63, 3.8) is 0 Å². The molecule has 0 fully saturated rings. The van der Waals surface area contributed by atoms with E-state index in [0.29, 0.717) is 16.0 Å². The van der Waals surface area contributed by atoms with E-state index < -0.39 is 11.9 Å². The van der Waals surface area contributed by atoms with Crippen LogP contribution >= 0.6 is 22.9 Å². The van der Waals surface area contributed by atoms with Crippen molar-refractivity contribution in [2.75, 3.05) is 7.11 Å². The van der Waals surface area contributed by atoms with Gasteiger partial charge in [-0.2, -0.15) is 5.10 Å². The molecule has 0 bridgehead atoms. The number of phenolic OH excluding ortho intramolecular Hbond substituents is 1. The highest BCUT2D eigenvalue weighted by Crippen LogP contribution is 2.19. The molecule has 0 radical (unpaired) electrons. The Morgan fingerprint density at radius 2 is 1.97 bits per heavy atom. The van der Waals surface area contributed by atoms with Gasteiger partial charge in [0.05, 0.1) is 30.3 Å². The lowest BCUT2D eigenvalue weighted by Crippen LogP contribution is -2.17. The largest absolute Gasteiger partial charge is 0.508 e. The summed E-state index contributed by atoms with van der Waals surface area (Å²) in [6, 6.07) is 12.5. The molecule has 3 aromatic rings. The number of ether oxygens (including phenoxy) is 1. The molecule has 1 amide bonds. The van der Waals surface area contributed by atoms with Gasteiger partial charge in [0.1, 0.15) is 10.9 Å². The van der Waals surface area contributed by atoms with Gasteiger partial charge < -0.3 is 9.84 Å². The first-order valence-corrected chi connectivity index (χ1v) is 9.77. The molecular weight excluding hydrogens is 430 g/mol. The van der Waals surface area contributed by atoms with Crippen LogP contribution in [0.5, 0.6) is 5.75 Å². The van der Waals surface area contributed by atoms with Crippen molar-refractivity contribution in [2.45, 2.75) is 6.54 Å². The van der Waals surface area contributed by atoms with Gasteiger partial charge in [0.25, 0.3) is 5.91 Å². The number of carbonyl (C=O) groups excluding carboxylic acids is 2. The summed E-state index contributed by atoms with van der Waals surface area (Å²) in [5, 5.41) is 13.4. The zero-order valence-electron chi connectivity index (χ0n) is 15.7. The third-order valence-corrected chi connectivity index (χ3v) is 5.44. The van der Waals surface area contributed by atoms with Crippen LogP contribution in [-0.2, 0) is 11.3 Å². The maximum Gasteiger partial charge on any atom is 0.337 e. The van der Waals surface area contributed by atoms with Gasteiger partial charge >= 0.3 is 10.8 Å².